The van der Waals surface area contributed by atoms with Crippen LogP contribution in [0.2, 0.25) is 0 Å². The maximum Gasteiger partial charge on any atom is 0.248 e. The predicted octanol–water partition coefficient (Wildman–Crippen LogP) is 1.78. The first-order valence-electron chi connectivity index (χ1n) is 6.40. The second-order valence-corrected chi connectivity index (χ2v) is 5.23. The van der Waals surface area contributed by atoms with E-state index in [2.05, 4.69) is 11.4 Å². The highest BCUT2D eigenvalue weighted by atomic mass is 16.1. The highest BCUT2D eigenvalue weighted by molar-refractivity contribution is 5.92. The van der Waals surface area contributed by atoms with Crippen LogP contribution in [-0.4, -0.2) is 18.0 Å². The van der Waals surface area contributed by atoms with Crippen LogP contribution in [0.5, 0.6) is 0 Å². The molecule has 0 bridgehead atoms. The third kappa shape index (κ3) is 2.20. The summed E-state index contributed by atoms with van der Waals surface area (Å²) in [5, 5.41) is 3.67. The van der Waals surface area contributed by atoms with Gasteiger partial charge in [-0.05, 0) is 37.0 Å². The van der Waals surface area contributed by atoms with Crippen LogP contribution in [-0.2, 0) is 0 Å². The van der Waals surface area contributed by atoms with Crippen molar-refractivity contribution in [2.75, 3.05) is 0 Å². The molecule has 0 spiro atoms. The van der Waals surface area contributed by atoms with Crippen LogP contribution in [0.25, 0.3) is 0 Å². The van der Waals surface area contributed by atoms with E-state index in [0.29, 0.717) is 17.5 Å². The highest BCUT2D eigenvalue weighted by Gasteiger charge is 2.40. The third-order valence-electron chi connectivity index (χ3n) is 3.94. The van der Waals surface area contributed by atoms with E-state index >= 15 is 0 Å². The van der Waals surface area contributed by atoms with E-state index < -0.39 is 0 Å². The molecular weight excluding hydrogens is 212 g/mol. The van der Waals surface area contributed by atoms with Crippen molar-refractivity contribution in [2.45, 2.75) is 43.7 Å². The van der Waals surface area contributed by atoms with Gasteiger partial charge in [0.1, 0.15) is 0 Å². The smallest absolute Gasteiger partial charge is 0.248 e. The maximum absolute atomic E-state index is 11.1. The summed E-state index contributed by atoms with van der Waals surface area (Å²) in [6.45, 7) is 0. The molecule has 1 aromatic carbocycles. The normalized spacial score (nSPS) is 27.5. The van der Waals surface area contributed by atoms with E-state index in [1.54, 1.807) is 6.07 Å². The van der Waals surface area contributed by atoms with Crippen LogP contribution in [0.4, 0.5) is 0 Å². The fourth-order valence-electron chi connectivity index (χ4n) is 2.55. The van der Waals surface area contributed by atoms with Crippen molar-refractivity contribution >= 4 is 5.91 Å². The third-order valence-corrected chi connectivity index (χ3v) is 3.94. The molecule has 0 radical (unpaired) electrons. The number of hydrogen-bond acceptors (Lipinski definition) is 2. The van der Waals surface area contributed by atoms with Gasteiger partial charge in [0.25, 0.3) is 0 Å². The van der Waals surface area contributed by atoms with Gasteiger partial charge in [-0.25, -0.2) is 0 Å². The van der Waals surface area contributed by atoms with Crippen molar-refractivity contribution in [3.8, 4) is 0 Å². The summed E-state index contributed by atoms with van der Waals surface area (Å²) in [4.78, 5) is 11.1. The van der Waals surface area contributed by atoms with Gasteiger partial charge in [0, 0.05) is 23.6 Å². The van der Waals surface area contributed by atoms with E-state index in [1.807, 2.05) is 12.1 Å². The second-order valence-electron chi connectivity index (χ2n) is 5.23. The molecule has 0 saturated heterocycles. The minimum Gasteiger partial charge on any atom is -0.366 e. The summed E-state index contributed by atoms with van der Waals surface area (Å²) in [7, 11) is 0. The van der Waals surface area contributed by atoms with Crippen LogP contribution >= 0.6 is 0 Å². The first-order chi connectivity index (χ1) is 8.24. The second kappa shape index (κ2) is 4.15. The summed E-state index contributed by atoms with van der Waals surface area (Å²) >= 11 is 0. The van der Waals surface area contributed by atoms with Gasteiger partial charge >= 0.3 is 0 Å². The maximum atomic E-state index is 11.1. The predicted molar refractivity (Wildman–Crippen MR) is 66.9 cm³/mol. The molecule has 3 rings (SSSR count). The van der Waals surface area contributed by atoms with Crippen molar-refractivity contribution in [2.24, 2.45) is 5.73 Å². The molecule has 3 heteroatoms. The van der Waals surface area contributed by atoms with Gasteiger partial charge in [-0.1, -0.05) is 18.6 Å². The fraction of sp³-hybridized carbons (Fsp3) is 0.500. The van der Waals surface area contributed by atoms with Crippen LogP contribution in [0.1, 0.15) is 47.5 Å². The minimum atomic E-state index is -0.337. The summed E-state index contributed by atoms with van der Waals surface area (Å²) in [6.07, 6.45) is 5.21. The van der Waals surface area contributed by atoms with Crippen molar-refractivity contribution in [1.82, 2.24) is 5.32 Å². The van der Waals surface area contributed by atoms with Crippen molar-refractivity contribution in [3.63, 3.8) is 0 Å². The van der Waals surface area contributed by atoms with E-state index in [-0.39, 0.29) is 5.91 Å². The average molecular weight is 230 g/mol. The summed E-state index contributed by atoms with van der Waals surface area (Å²) in [5.74, 6) is 0.242. The largest absolute Gasteiger partial charge is 0.366 e. The molecule has 2 atom stereocenters. The van der Waals surface area contributed by atoms with Crippen molar-refractivity contribution in [3.05, 3.63) is 35.4 Å². The number of nitrogens with two attached hydrogens (primary N) is 1. The van der Waals surface area contributed by atoms with Gasteiger partial charge in [0.2, 0.25) is 5.91 Å². The fourth-order valence-corrected chi connectivity index (χ4v) is 2.55. The first-order valence-corrected chi connectivity index (χ1v) is 6.40. The lowest BCUT2D eigenvalue weighted by atomic mass is 9.93. The molecule has 0 aliphatic heterocycles. The van der Waals surface area contributed by atoms with Crippen molar-refractivity contribution in [1.29, 1.82) is 0 Å². The van der Waals surface area contributed by atoms with Crippen LogP contribution in [0, 0.1) is 0 Å². The van der Waals surface area contributed by atoms with Gasteiger partial charge in [-0.15, -0.1) is 0 Å². The summed E-state index contributed by atoms with van der Waals surface area (Å²) in [5.41, 5.74) is 7.16. The number of primary amides is 1. The Balaban J connectivity index is 1.65. The lowest BCUT2D eigenvalue weighted by Gasteiger charge is -2.26. The molecule has 2 fully saturated rings. The lowest BCUT2D eigenvalue weighted by molar-refractivity contribution is 0.1000. The van der Waals surface area contributed by atoms with Gasteiger partial charge in [0.15, 0.2) is 0 Å². The molecule has 3 N–H and O–H groups in total. The van der Waals surface area contributed by atoms with E-state index in [0.717, 1.165) is 6.04 Å². The molecule has 2 aliphatic rings. The molecule has 1 aromatic rings. The Hall–Kier alpha value is -1.35. The number of hydrogen-bond donors (Lipinski definition) is 2. The van der Waals surface area contributed by atoms with Crippen LogP contribution < -0.4 is 11.1 Å². The molecule has 0 heterocycles. The van der Waals surface area contributed by atoms with Gasteiger partial charge < -0.3 is 11.1 Å². The molecule has 17 heavy (non-hydrogen) atoms. The summed E-state index contributed by atoms with van der Waals surface area (Å²) < 4.78 is 0. The zero-order valence-electron chi connectivity index (χ0n) is 9.86. The summed E-state index contributed by atoms with van der Waals surface area (Å²) in [6, 6.07) is 9.10. The van der Waals surface area contributed by atoms with Crippen LogP contribution in [0.15, 0.2) is 24.3 Å². The molecular formula is C14H18N2O. The van der Waals surface area contributed by atoms with E-state index in [9.17, 15) is 4.79 Å². The Labute approximate surface area is 101 Å². The lowest BCUT2D eigenvalue weighted by Crippen LogP contribution is -2.37. The topological polar surface area (TPSA) is 55.1 Å². The molecule has 2 saturated carbocycles. The molecule has 90 valence electrons. The first kappa shape index (κ1) is 10.8. The molecule has 2 aliphatic carbocycles. The standard InChI is InChI=1S/C14H18N2O/c15-14(17)10-4-1-3-9(7-10)12-8-13(12)16-11-5-2-6-11/h1,3-4,7,11-13,16H,2,5-6,8H2,(H2,15,17). The van der Waals surface area contributed by atoms with Gasteiger partial charge in [0.05, 0.1) is 0 Å². The van der Waals surface area contributed by atoms with Gasteiger partial charge in [-0.2, -0.15) is 0 Å². The Morgan fingerprint density at radius 2 is 2.18 bits per heavy atom. The quantitative estimate of drug-likeness (QED) is 0.828. The number of amides is 1. The monoisotopic (exact) mass is 230 g/mol. The number of carbonyl (C=O) groups is 1. The molecule has 2 unspecified atom stereocenters. The van der Waals surface area contributed by atoms with E-state index in [1.165, 1.54) is 31.2 Å². The molecule has 1 amide bonds. The Bertz CT molecular complexity index is 440. The molecule has 3 nitrogen and oxygen atoms in total. The van der Waals surface area contributed by atoms with Crippen molar-refractivity contribution < 1.29 is 4.79 Å². The average Bonchev–Trinajstić information content (AvgIpc) is 3.03. The minimum absolute atomic E-state index is 0.337. The Morgan fingerprint density at radius 1 is 1.35 bits per heavy atom. The number of rotatable bonds is 4. The number of benzene rings is 1. The number of nitrogens with one attached hydrogen (secondary N) is 1. The zero-order chi connectivity index (χ0) is 11.8. The Kier molecular flexibility index (Phi) is 2.63. The Morgan fingerprint density at radius 3 is 2.82 bits per heavy atom. The van der Waals surface area contributed by atoms with Gasteiger partial charge in [-0.3, -0.25) is 4.79 Å². The molecule has 0 aromatic heterocycles. The van der Waals surface area contributed by atoms with E-state index in [4.69, 9.17) is 5.73 Å². The van der Waals surface area contributed by atoms with Crippen LogP contribution in [0.3, 0.4) is 0 Å². The zero-order valence-corrected chi connectivity index (χ0v) is 9.86. The SMILES string of the molecule is NC(=O)c1cccc(C2CC2NC2CCC2)c1. The number of carbonyl (C=O) groups excluding carboxylic acids is 1. The highest BCUT2D eigenvalue weighted by Crippen LogP contribution is 2.42.